The topological polar surface area (TPSA) is 38.9 Å². The molecule has 0 aliphatic rings. The van der Waals surface area contributed by atoms with Gasteiger partial charge in [-0.3, -0.25) is 0 Å². The van der Waals surface area contributed by atoms with Crippen LogP contribution in [-0.4, -0.2) is 23.2 Å². The van der Waals surface area contributed by atoms with Crippen LogP contribution >= 0.6 is 0 Å². The van der Waals surface area contributed by atoms with Gasteiger partial charge < -0.3 is 9.40 Å². The van der Waals surface area contributed by atoms with Crippen LogP contribution in [0.25, 0.3) is 66.7 Å². The third kappa shape index (κ3) is 8.34. The van der Waals surface area contributed by atoms with Crippen LogP contribution in [0.3, 0.4) is 0 Å². The minimum absolute atomic E-state index is 0. The van der Waals surface area contributed by atoms with E-state index in [1.165, 1.54) is 33.2 Å². The number of furan rings is 1. The first kappa shape index (κ1) is 37.1. The van der Waals surface area contributed by atoms with Crippen LogP contribution in [0.1, 0.15) is 25.3 Å². The third-order valence-electron chi connectivity index (χ3n) is 9.12. The van der Waals surface area contributed by atoms with Crippen molar-refractivity contribution in [2.24, 2.45) is 0 Å². The molecule has 52 heavy (non-hydrogen) atoms. The molecule has 6 heteroatoms. The summed E-state index contributed by atoms with van der Waals surface area (Å²) in [6.07, 6.45) is 3.90. The predicted molar refractivity (Wildman–Crippen MR) is 212 cm³/mol. The fourth-order valence-electron chi connectivity index (χ4n) is 6.07. The van der Waals surface area contributed by atoms with Crippen LogP contribution in [0.15, 0.2) is 144 Å². The normalized spacial score (nSPS) is 11.3. The largest absolute Gasteiger partial charge is 0 e. The van der Waals surface area contributed by atoms with Crippen molar-refractivity contribution in [3.63, 3.8) is 0 Å². The van der Waals surface area contributed by atoms with E-state index in [0.717, 1.165) is 55.6 Å². The standard InChI is InChI=1S/C26H19FNO.C20H20GeN.Ir/c1-16(2)18-11-12-28-24(15-18)20-6-10-26-23(14-20)22-13-19(5-9-25(22)29-26)17-3-7-21(27)8-4-17;1-21(2,3)19-12-13-20(22-15-19)18-11-7-10-17(14-18)16-8-5-4-6-9-16;/h3-5,7-16H,1-2H3;4-10,12-15H,1-3H3;/q2*-1;. The van der Waals surface area contributed by atoms with E-state index in [2.05, 4.69) is 132 Å². The molecular formula is C46H39FGeIrN2O-2. The van der Waals surface area contributed by atoms with E-state index >= 15 is 0 Å². The van der Waals surface area contributed by atoms with Gasteiger partial charge in [0, 0.05) is 31.7 Å². The van der Waals surface area contributed by atoms with Gasteiger partial charge in [-0.25, -0.2) is 4.39 Å². The van der Waals surface area contributed by atoms with Crippen molar-refractivity contribution >= 4 is 39.6 Å². The Morgan fingerprint density at radius 3 is 2.04 bits per heavy atom. The fourth-order valence-corrected chi connectivity index (χ4v) is 8.24. The Labute approximate surface area is 321 Å². The monoisotopic (exact) mass is 921 g/mol. The van der Waals surface area contributed by atoms with E-state index < -0.39 is 13.3 Å². The number of pyridine rings is 2. The second-order valence-corrected chi connectivity index (χ2v) is 24.8. The van der Waals surface area contributed by atoms with Gasteiger partial charge in [-0.05, 0) is 53.1 Å². The molecule has 8 rings (SSSR count). The van der Waals surface area contributed by atoms with Gasteiger partial charge in [0.25, 0.3) is 0 Å². The van der Waals surface area contributed by atoms with Crippen LogP contribution in [-0.2, 0) is 20.1 Å². The summed E-state index contributed by atoms with van der Waals surface area (Å²) in [5.74, 6) is 7.37. The molecule has 3 heterocycles. The summed E-state index contributed by atoms with van der Waals surface area (Å²) in [6, 6.07) is 48.4. The van der Waals surface area contributed by atoms with Crippen molar-refractivity contribution < 1.29 is 28.9 Å². The zero-order valence-corrected chi connectivity index (χ0v) is 34.4. The number of benzene rings is 5. The summed E-state index contributed by atoms with van der Waals surface area (Å²) in [5, 5.41) is 2.05. The van der Waals surface area contributed by atoms with Crippen LogP contribution in [0.4, 0.5) is 4.39 Å². The number of hydrogen-bond donors (Lipinski definition) is 0. The maximum atomic E-state index is 13.3. The molecule has 3 aromatic heterocycles. The van der Waals surface area contributed by atoms with Crippen LogP contribution in [0.2, 0.25) is 17.3 Å². The summed E-state index contributed by atoms with van der Waals surface area (Å²) in [5.41, 5.74) is 11.2. The summed E-state index contributed by atoms with van der Waals surface area (Å²) in [4.78, 5) is 9.21. The van der Waals surface area contributed by atoms with Crippen molar-refractivity contribution in [3.05, 3.63) is 163 Å². The SMILES string of the molecule is CC(C)c1ccnc(-c2[c-]cc3oc4ccc(-c5ccc(F)cc5)cc4c3c2)c1.[CH3][Ge]([CH3])([CH3])[c]1ccc(-c2[c-]ccc(-c3ccccc3)c2)nc1.[Ir]. The molecule has 261 valence electrons. The number of rotatable bonds is 6. The Morgan fingerprint density at radius 1 is 0.635 bits per heavy atom. The summed E-state index contributed by atoms with van der Waals surface area (Å²) < 4.78 is 20.7. The maximum Gasteiger partial charge on any atom is 0 e. The molecule has 8 aromatic rings. The van der Waals surface area contributed by atoms with Gasteiger partial charge in [0.15, 0.2) is 0 Å². The van der Waals surface area contributed by atoms with Gasteiger partial charge in [-0.15, -0.1) is 23.8 Å². The molecule has 0 N–H and O–H groups in total. The van der Waals surface area contributed by atoms with Gasteiger partial charge in [-0.1, -0.05) is 49.1 Å². The first-order valence-corrected chi connectivity index (χ1v) is 24.6. The number of fused-ring (bicyclic) bond motifs is 3. The zero-order chi connectivity index (χ0) is 35.5. The maximum absolute atomic E-state index is 13.3. The molecule has 0 bridgehead atoms. The number of nitrogens with zero attached hydrogens (tertiary/aromatic N) is 2. The van der Waals surface area contributed by atoms with E-state index in [1.807, 2.05) is 36.5 Å². The second kappa shape index (κ2) is 15.9. The Bertz CT molecular complexity index is 2430. The van der Waals surface area contributed by atoms with Gasteiger partial charge in [0.05, 0.1) is 5.58 Å². The molecule has 0 atom stereocenters. The first-order chi connectivity index (χ1) is 24.6. The third-order valence-corrected chi connectivity index (χ3v) is 13.4. The van der Waals surface area contributed by atoms with Crippen molar-refractivity contribution in [1.82, 2.24) is 9.97 Å². The van der Waals surface area contributed by atoms with Gasteiger partial charge in [0.2, 0.25) is 0 Å². The Kier molecular flexibility index (Phi) is 11.4. The Balaban J connectivity index is 0.000000182. The van der Waals surface area contributed by atoms with E-state index in [9.17, 15) is 4.39 Å². The smallest absolute Gasteiger partial charge is 0 e. The summed E-state index contributed by atoms with van der Waals surface area (Å²) >= 11 is -1.79. The van der Waals surface area contributed by atoms with Gasteiger partial charge in [-0.2, -0.15) is 0 Å². The number of halogens is 1. The Hall–Kier alpha value is -4.68. The molecule has 0 spiro atoms. The predicted octanol–water partition coefficient (Wildman–Crippen LogP) is 12.1. The number of hydrogen-bond acceptors (Lipinski definition) is 3. The molecular weight excluding hydrogens is 880 g/mol. The molecule has 0 unspecified atom stereocenters. The first-order valence-electron chi connectivity index (χ1n) is 17.3. The molecule has 0 amide bonds. The molecule has 0 aliphatic carbocycles. The van der Waals surface area contributed by atoms with E-state index in [0.29, 0.717) is 5.92 Å². The molecule has 5 aromatic carbocycles. The van der Waals surface area contributed by atoms with E-state index in [-0.39, 0.29) is 25.9 Å². The quantitative estimate of drug-likeness (QED) is 0.123. The zero-order valence-electron chi connectivity index (χ0n) is 29.9. The summed E-state index contributed by atoms with van der Waals surface area (Å²) in [7, 11) is 0. The minimum Gasteiger partial charge on any atom is 0 e. The average molecular weight is 920 g/mol. The molecule has 1 radical (unpaired) electrons. The van der Waals surface area contributed by atoms with Crippen LogP contribution < -0.4 is 4.40 Å². The van der Waals surface area contributed by atoms with Crippen molar-refractivity contribution in [2.75, 3.05) is 0 Å². The molecule has 0 fully saturated rings. The Morgan fingerprint density at radius 2 is 1.33 bits per heavy atom. The van der Waals surface area contributed by atoms with Crippen molar-refractivity contribution in [1.29, 1.82) is 0 Å². The van der Waals surface area contributed by atoms with Crippen LogP contribution in [0, 0.1) is 17.9 Å². The van der Waals surface area contributed by atoms with Crippen molar-refractivity contribution in [3.8, 4) is 44.8 Å². The van der Waals surface area contributed by atoms with Crippen molar-refractivity contribution in [2.45, 2.75) is 37.0 Å². The molecule has 0 saturated heterocycles. The van der Waals surface area contributed by atoms with Gasteiger partial charge in [0.1, 0.15) is 11.4 Å². The molecule has 0 saturated carbocycles. The second-order valence-electron chi connectivity index (χ2n) is 14.1. The molecule has 0 aliphatic heterocycles. The summed E-state index contributed by atoms with van der Waals surface area (Å²) in [6.45, 7) is 4.35. The van der Waals surface area contributed by atoms with E-state index in [1.54, 1.807) is 12.1 Å². The fraction of sp³-hybridized carbons (Fsp3) is 0.130. The average Bonchev–Trinajstić information content (AvgIpc) is 3.53. The minimum atomic E-state index is -1.79. The van der Waals surface area contributed by atoms with Gasteiger partial charge >= 0.3 is 135 Å². The number of aromatic nitrogens is 2. The van der Waals surface area contributed by atoms with Crippen LogP contribution in [0.5, 0.6) is 0 Å². The molecule has 3 nitrogen and oxygen atoms in total. The van der Waals surface area contributed by atoms with E-state index in [4.69, 9.17) is 4.42 Å².